The van der Waals surface area contributed by atoms with Crippen LogP contribution >= 0.6 is 0 Å². The van der Waals surface area contributed by atoms with E-state index in [1.807, 2.05) is 91.0 Å². The monoisotopic (exact) mass is 516 g/mol. The largest absolute Gasteiger partial charge is 0.497 e. The number of aliphatic imine (C=N–C) groups is 1. The molecule has 5 rings (SSSR count). The number of hydrogen-bond acceptors (Lipinski definition) is 5. The summed E-state index contributed by atoms with van der Waals surface area (Å²) in [4.78, 5) is 20.9. The highest BCUT2D eigenvalue weighted by molar-refractivity contribution is 6.01. The summed E-state index contributed by atoms with van der Waals surface area (Å²) in [6.07, 6.45) is -4.71. The molecule has 0 fully saturated rings. The maximum Gasteiger partial charge on any atom is 0.493 e. The Bertz CT molecular complexity index is 1500. The van der Waals surface area contributed by atoms with Crippen LogP contribution < -0.4 is 10.2 Å². The maximum atomic E-state index is 12.9. The van der Waals surface area contributed by atoms with Crippen molar-refractivity contribution in [3.05, 3.63) is 125 Å². The Hall–Kier alpha value is -4.59. The molecule has 1 aliphatic rings. The van der Waals surface area contributed by atoms with Crippen LogP contribution in [0.25, 0.3) is 11.1 Å². The van der Waals surface area contributed by atoms with E-state index < -0.39 is 17.7 Å². The van der Waals surface area contributed by atoms with Crippen molar-refractivity contribution in [3.63, 3.8) is 0 Å². The molecule has 4 aromatic carbocycles. The molecule has 1 heterocycles. The van der Waals surface area contributed by atoms with E-state index in [9.17, 15) is 18.0 Å². The Balaban J connectivity index is 1.67. The van der Waals surface area contributed by atoms with E-state index in [1.54, 1.807) is 19.2 Å². The summed E-state index contributed by atoms with van der Waals surface area (Å²) in [6, 6.07) is 32.2. The topological polar surface area (TPSA) is 59.9 Å². The molecular weight excluding hydrogens is 493 g/mol. The van der Waals surface area contributed by atoms with Crippen LogP contribution in [0.15, 0.2) is 108 Å². The molecule has 0 bridgehead atoms. The summed E-state index contributed by atoms with van der Waals surface area (Å²) in [7, 11) is 1.61. The van der Waals surface area contributed by atoms with Crippen molar-refractivity contribution >= 4 is 11.8 Å². The summed E-state index contributed by atoms with van der Waals surface area (Å²) in [5, 5.41) is 0. The quantitative estimate of drug-likeness (QED) is 0.327. The van der Waals surface area contributed by atoms with Gasteiger partial charge in [-0.3, -0.25) is 0 Å². The van der Waals surface area contributed by atoms with Crippen LogP contribution in [-0.4, -0.2) is 25.1 Å². The van der Waals surface area contributed by atoms with E-state index in [0.717, 1.165) is 27.8 Å². The van der Waals surface area contributed by atoms with Gasteiger partial charge in [0.1, 0.15) is 11.3 Å². The van der Waals surface area contributed by atoms with Gasteiger partial charge in [0.05, 0.1) is 7.11 Å². The Morgan fingerprint density at radius 1 is 0.842 bits per heavy atom. The number of nitrogens with zero attached hydrogens (tertiary/aromatic N) is 1. The van der Waals surface area contributed by atoms with Gasteiger partial charge in [-0.25, -0.2) is 9.79 Å². The molecule has 38 heavy (non-hydrogen) atoms. The number of halogens is 3. The third-order valence-electron chi connectivity index (χ3n) is 6.49. The van der Waals surface area contributed by atoms with E-state index in [0.29, 0.717) is 17.7 Å². The molecule has 192 valence electrons. The number of ether oxygens (including phenoxy) is 1. The zero-order valence-electron chi connectivity index (χ0n) is 20.3. The number of hydrogen-bond donors (Lipinski definition) is 1. The number of fused-ring (bicyclic) bond motifs is 1. The van der Waals surface area contributed by atoms with Gasteiger partial charge in [0.25, 0.3) is 0 Å². The third-order valence-corrected chi connectivity index (χ3v) is 6.49. The minimum Gasteiger partial charge on any atom is -0.497 e. The van der Waals surface area contributed by atoms with Crippen LogP contribution in [0.2, 0.25) is 0 Å². The second-order valence-electron chi connectivity index (χ2n) is 8.82. The second kappa shape index (κ2) is 10.0. The van der Waals surface area contributed by atoms with Crippen LogP contribution in [0, 0.1) is 0 Å². The van der Waals surface area contributed by atoms with Crippen molar-refractivity contribution in [2.24, 2.45) is 4.99 Å². The summed E-state index contributed by atoms with van der Waals surface area (Å²) >= 11 is 0. The molecule has 4 aromatic rings. The molecular formula is C30H23F3N2O3. The number of amidine groups is 1. The normalized spacial score (nSPS) is 16.7. The van der Waals surface area contributed by atoms with E-state index in [1.165, 1.54) is 0 Å². The maximum absolute atomic E-state index is 12.9. The van der Waals surface area contributed by atoms with Crippen molar-refractivity contribution in [1.82, 2.24) is 5.48 Å². The smallest absolute Gasteiger partial charge is 0.493 e. The molecule has 0 spiro atoms. The minimum absolute atomic E-state index is 0.0279. The lowest BCUT2D eigenvalue weighted by molar-refractivity contribution is -0.203. The van der Waals surface area contributed by atoms with E-state index in [2.05, 4.69) is 10.3 Å². The first kappa shape index (κ1) is 25.1. The minimum atomic E-state index is -5.15. The molecule has 1 unspecified atom stereocenters. The molecule has 1 aliphatic heterocycles. The molecule has 0 saturated heterocycles. The first-order valence-corrected chi connectivity index (χ1v) is 11.8. The molecule has 8 heteroatoms. The van der Waals surface area contributed by atoms with Gasteiger partial charge in [0.15, 0.2) is 5.84 Å². The molecule has 0 radical (unpaired) electrons. The molecule has 0 amide bonds. The number of rotatable bonds is 4. The number of carbonyl (C=O) groups excluding carboxylic acids is 1. The van der Waals surface area contributed by atoms with Gasteiger partial charge in [0.2, 0.25) is 0 Å². The zero-order valence-corrected chi connectivity index (χ0v) is 20.3. The number of carbonyl (C=O) groups is 1. The van der Waals surface area contributed by atoms with Crippen molar-refractivity contribution < 1.29 is 27.5 Å². The highest BCUT2D eigenvalue weighted by Gasteiger charge is 2.43. The summed E-state index contributed by atoms with van der Waals surface area (Å²) in [5.74, 6) is -1.61. The van der Waals surface area contributed by atoms with Crippen molar-refractivity contribution in [1.29, 1.82) is 0 Å². The number of benzene rings is 4. The predicted octanol–water partition coefficient (Wildman–Crippen LogP) is 6.22. The van der Waals surface area contributed by atoms with Crippen LogP contribution in [0.4, 0.5) is 13.2 Å². The van der Waals surface area contributed by atoms with E-state index >= 15 is 0 Å². The van der Waals surface area contributed by atoms with Crippen molar-refractivity contribution in [2.75, 3.05) is 7.11 Å². The Labute approximate surface area is 217 Å². The fraction of sp³-hybridized carbons (Fsp3) is 0.133. The van der Waals surface area contributed by atoms with Crippen LogP contribution in [0.5, 0.6) is 5.75 Å². The molecule has 5 nitrogen and oxygen atoms in total. The Morgan fingerprint density at radius 2 is 1.50 bits per heavy atom. The lowest BCUT2D eigenvalue weighted by Gasteiger charge is -2.36. The highest BCUT2D eigenvalue weighted by atomic mass is 19.4. The number of methoxy groups -OCH3 is 1. The van der Waals surface area contributed by atoms with E-state index in [4.69, 9.17) is 9.73 Å². The average molecular weight is 517 g/mol. The summed E-state index contributed by atoms with van der Waals surface area (Å²) < 4.78 is 44.0. The predicted molar refractivity (Wildman–Crippen MR) is 138 cm³/mol. The van der Waals surface area contributed by atoms with Gasteiger partial charge < -0.3 is 9.57 Å². The lowest BCUT2D eigenvalue weighted by atomic mass is 9.75. The molecule has 1 atom stereocenters. The van der Waals surface area contributed by atoms with Gasteiger partial charge in [-0.05, 0) is 46.0 Å². The third kappa shape index (κ3) is 4.85. The van der Waals surface area contributed by atoms with Crippen LogP contribution in [-0.2, 0) is 21.6 Å². The molecule has 1 N–H and O–H groups in total. The summed E-state index contributed by atoms with van der Waals surface area (Å²) in [6.45, 7) is 0. The van der Waals surface area contributed by atoms with Gasteiger partial charge in [-0.1, -0.05) is 84.9 Å². The Kier molecular flexibility index (Phi) is 6.63. The standard InChI is InChI=1S/C30H23F3N2O3/c1-37-25-15-8-11-21(18-25)20-10-7-14-24(17-20)29(23-12-3-2-4-13-23)19-22-9-5-6-16-26(22)27(34-29)35-38-28(36)30(31,32)33/h2-18H,19H2,1H3,(H,34,35). The molecule has 0 saturated carbocycles. The number of nitrogens with one attached hydrogen (secondary N) is 1. The first-order valence-electron chi connectivity index (χ1n) is 11.8. The molecule has 0 aromatic heterocycles. The van der Waals surface area contributed by atoms with Gasteiger partial charge in [-0.2, -0.15) is 18.7 Å². The van der Waals surface area contributed by atoms with Crippen LogP contribution in [0.1, 0.15) is 22.3 Å². The zero-order chi connectivity index (χ0) is 26.8. The van der Waals surface area contributed by atoms with E-state index in [-0.39, 0.29) is 5.84 Å². The number of hydroxylamine groups is 1. The molecule has 0 aliphatic carbocycles. The van der Waals surface area contributed by atoms with Crippen LogP contribution in [0.3, 0.4) is 0 Å². The fourth-order valence-electron chi connectivity index (χ4n) is 4.67. The fourth-order valence-corrected chi connectivity index (χ4v) is 4.67. The van der Waals surface area contributed by atoms with Crippen molar-refractivity contribution in [3.8, 4) is 16.9 Å². The average Bonchev–Trinajstić information content (AvgIpc) is 2.95. The number of alkyl halides is 3. The Morgan fingerprint density at radius 3 is 2.24 bits per heavy atom. The van der Waals surface area contributed by atoms with Gasteiger partial charge in [0, 0.05) is 12.0 Å². The lowest BCUT2D eigenvalue weighted by Crippen LogP contribution is -2.41. The highest BCUT2D eigenvalue weighted by Crippen LogP contribution is 2.42. The van der Waals surface area contributed by atoms with Gasteiger partial charge in [-0.15, -0.1) is 0 Å². The summed E-state index contributed by atoms with van der Waals surface area (Å²) in [5.41, 5.74) is 6.09. The van der Waals surface area contributed by atoms with Gasteiger partial charge >= 0.3 is 12.1 Å². The SMILES string of the molecule is COc1cccc(-c2cccc(C3(c4ccccc4)Cc4ccccc4C(NOC(=O)C(F)(F)F)=N3)c2)c1. The van der Waals surface area contributed by atoms with Crippen molar-refractivity contribution in [2.45, 2.75) is 18.1 Å². The second-order valence-corrected chi connectivity index (χ2v) is 8.82. The first-order chi connectivity index (χ1) is 18.3.